The van der Waals surface area contributed by atoms with Crippen molar-refractivity contribution >= 4 is 23.7 Å². The van der Waals surface area contributed by atoms with Gasteiger partial charge in [-0.2, -0.15) is 10.5 Å². The molecule has 1 rings (SSSR count). The predicted octanol–water partition coefficient (Wildman–Crippen LogP) is 3.65. The van der Waals surface area contributed by atoms with Crippen LogP contribution in [0.25, 0.3) is 0 Å². The van der Waals surface area contributed by atoms with Crippen LogP contribution in [0.2, 0.25) is 0 Å². The van der Waals surface area contributed by atoms with Crippen molar-refractivity contribution in [1.29, 1.82) is 10.5 Å². The molecule has 0 aromatic rings. The lowest BCUT2D eigenvalue weighted by molar-refractivity contribution is -0.138. The first-order valence-electron chi connectivity index (χ1n) is 8.62. The predicted molar refractivity (Wildman–Crippen MR) is 98.6 cm³/mol. The Morgan fingerprint density at radius 2 is 1.85 bits per heavy atom. The van der Waals surface area contributed by atoms with Gasteiger partial charge >= 0.3 is 11.9 Å². The molecule has 0 heterocycles. The van der Waals surface area contributed by atoms with E-state index in [1.54, 1.807) is 13.2 Å². The quantitative estimate of drug-likeness (QED) is 0.410. The Balaban J connectivity index is 3.58. The second-order valence-corrected chi connectivity index (χ2v) is 6.63. The smallest absolute Gasteiger partial charge is 0.349 e. The third-order valence-electron chi connectivity index (χ3n) is 4.31. The highest BCUT2D eigenvalue weighted by Gasteiger charge is 2.30. The minimum Gasteiger partial charge on any atom is -0.465 e. The second-order valence-electron chi connectivity index (χ2n) is 5.78. The molecular formula is C19H24N2O4S. The molecule has 1 saturated carbocycles. The van der Waals surface area contributed by atoms with Crippen molar-refractivity contribution in [2.24, 2.45) is 5.92 Å². The summed E-state index contributed by atoms with van der Waals surface area (Å²) in [7, 11) is 1.24. The van der Waals surface area contributed by atoms with Crippen molar-refractivity contribution < 1.29 is 19.1 Å². The number of esters is 2. The van der Waals surface area contributed by atoms with Crippen molar-refractivity contribution in [3.05, 3.63) is 21.6 Å². The lowest BCUT2D eigenvalue weighted by Gasteiger charge is -2.26. The van der Waals surface area contributed by atoms with Crippen LogP contribution in [-0.4, -0.2) is 31.9 Å². The summed E-state index contributed by atoms with van der Waals surface area (Å²) in [5, 5.41) is 19.0. The molecule has 140 valence electrons. The van der Waals surface area contributed by atoms with Crippen LogP contribution in [0.5, 0.6) is 0 Å². The fourth-order valence-electron chi connectivity index (χ4n) is 3.13. The van der Waals surface area contributed by atoms with E-state index in [1.165, 1.54) is 18.9 Å². The average Bonchev–Trinajstić information content (AvgIpc) is 2.62. The molecule has 0 aromatic carbocycles. The zero-order valence-corrected chi connectivity index (χ0v) is 16.3. The number of carbonyl (C=O) groups is 2. The van der Waals surface area contributed by atoms with Gasteiger partial charge in [-0.25, -0.2) is 9.59 Å². The lowest BCUT2D eigenvalue weighted by Crippen LogP contribution is -2.19. The Morgan fingerprint density at radius 1 is 1.15 bits per heavy atom. The lowest BCUT2D eigenvalue weighted by atomic mass is 9.82. The summed E-state index contributed by atoms with van der Waals surface area (Å²) in [5.41, 5.74) is 0.581. The van der Waals surface area contributed by atoms with Crippen molar-refractivity contribution in [1.82, 2.24) is 0 Å². The highest BCUT2D eigenvalue weighted by Crippen LogP contribution is 2.40. The summed E-state index contributed by atoms with van der Waals surface area (Å²) in [6.07, 6.45) is 6.79. The van der Waals surface area contributed by atoms with Crippen LogP contribution < -0.4 is 0 Å². The molecule has 0 unspecified atom stereocenters. The van der Waals surface area contributed by atoms with Crippen LogP contribution >= 0.6 is 11.8 Å². The van der Waals surface area contributed by atoms with Gasteiger partial charge in [-0.15, -0.1) is 11.8 Å². The highest BCUT2D eigenvalue weighted by molar-refractivity contribution is 8.02. The molecule has 26 heavy (non-hydrogen) atoms. The topological polar surface area (TPSA) is 100 Å². The molecule has 6 nitrogen and oxygen atoms in total. The van der Waals surface area contributed by atoms with E-state index in [1.807, 2.05) is 12.1 Å². The molecule has 1 fully saturated rings. The third kappa shape index (κ3) is 5.37. The summed E-state index contributed by atoms with van der Waals surface area (Å²) < 4.78 is 9.77. The molecule has 0 aromatic heterocycles. The van der Waals surface area contributed by atoms with Gasteiger partial charge in [-0.1, -0.05) is 19.3 Å². The Labute approximate surface area is 158 Å². The van der Waals surface area contributed by atoms with Gasteiger partial charge in [0.2, 0.25) is 0 Å². The van der Waals surface area contributed by atoms with E-state index in [9.17, 15) is 20.1 Å². The Bertz CT molecular complexity index is 683. The number of hydrogen-bond acceptors (Lipinski definition) is 7. The van der Waals surface area contributed by atoms with Crippen molar-refractivity contribution in [2.75, 3.05) is 20.0 Å². The maximum Gasteiger partial charge on any atom is 0.349 e. The average molecular weight is 376 g/mol. The molecule has 0 radical (unpaired) electrons. The van der Waals surface area contributed by atoms with Crippen LogP contribution in [0.4, 0.5) is 0 Å². The monoisotopic (exact) mass is 376 g/mol. The molecule has 0 amide bonds. The molecule has 7 heteroatoms. The fourth-order valence-corrected chi connectivity index (χ4v) is 4.01. The fraction of sp³-hybridized carbons (Fsp3) is 0.579. The maximum atomic E-state index is 12.2. The number of hydrogen-bond donors (Lipinski definition) is 0. The molecule has 0 saturated heterocycles. The van der Waals surface area contributed by atoms with Crippen molar-refractivity contribution in [2.45, 2.75) is 45.4 Å². The minimum absolute atomic E-state index is 0.0212. The van der Waals surface area contributed by atoms with Crippen LogP contribution in [0.3, 0.4) is 0 Å². The Hall–Kier alpha value is -2.25. The van der Waals surface area contributed by atoms with Gasteiger partial charge < -0.3 is 9.47 Å². The van der Waals surface area contributed by atoms with E-state index < -0.39 is 11.9 Å². The molecular weight excluding hydrogens is 352 g/mol. The molecule has 1 aliphatic rings. The standard InChI is InChI=1S/C19H24N2O4S/c1-4-25-19(23)16(12-21)17(26-3)14-10-8-6-5-7-9-13(14)15(11-20)18(22)24-2/h14H,4-10H2,1-3H3/b15-13+,17-16+/t14-/m0/s1. The number of methoxy groups -OCH3 is 1. The molecule has 0 spiro atoms. The molecule has 0 bridgehead atoms. The number of allylic oxidation sites excluding steroid dienone is 2. The molecule has 0 N–H and O–H groups in total. The van der Waals surface area contributed by atoms with Crippen LogP contribution in [0.1, 0.15) is 45.4 Å². The number of ether oxygens (including phenoxy) is 2. The van der Waals surface area contributed by atoms with E-state index in [2.05, 4.69) is 0 Å². The number of rotatable bonds is 5. The molecule has 1 aliphatic carbocycles. The number of carbonyl (C=O) groups excluding carboxylic acids is 2. The van der Waals surface area contributed by atoms with Crippen molar-refractivity contribution in [3.8, 4) is 12.1 Å². The van der Waals surface area contributed by atoms with E-state index in [0.717, 1.165) is 25.7 Å². The summed E-state index contributed by atoms with van der Waals surface area (Å²) in [5.74, 6) is -1.68. The van der Waals surface area contributed by atoms with Crippen LogP contribution in [0, 0.1) is 28.6 Å². The molecule has 1 atom stereocenters. The largest absolute Gasteiger partial charge is 0.465 e. The van der Waals surface area contributed by atoms with Gasteiger partial charge in [0.05, 0.1) is 13.7 Å². The van der Waals surface area contributed by atoms with E-state index in [-0.39, 0.29) is 23.7 Å². The van der Waals surface area contributed by atoms with Gasteiger partial charge in [0, 0.05) is 10.8 Å². The van der Waals surface area contributed by atoms with Gasteiger partial charge in [-0.05, 0) is 38.0 Å². The molecule has 0 aliphatic heterocycles. The second kappa shape index (κ2) is 11.4. The van der Waals surface area contributed by atoms with E-state index in [0.29, 0.717) is 23.3 Å². The van der Waals surface area contributed by atoms with Crippen LogP contribution in [0.15, 0.2) is 21.6 Å². The van der Waals surface area contributed by atoms with Gasteiger partial charge in [-0.3, -0.25) is 0 Å². The summed E-state index contributed by atoms with van der Waals surface area (Å²) in [4.78, 5) is 24.9. The SMILES string of the molecule is CCOC(=O)/C(C#N)=C(/SC)[C@H]1CCCCCC/C1=C(/C#N)C(=O)OC. The number of thioether (sulfide) groups is 1. The zero-order valence-electron chi connectivity index (χ0n) is 15.5. The minimum atomic E-state index is -0.678. The zero-order chi connectivity index (χ0) is 19.5. The van der Waals surface area contributed by atoms with Crippen molar-refractivity contribution in [3.63, 3.8) is 0 Å². The summed E-state index contributed by atoms with van der Waals surface area (Å²) in [6, 6.07) is 3.92. The first kappa shape index (κ1) is 21.8. The Kier molecular flexibility index (Phi) is 9.54. The van der Waals surface area contributed by atoms with Gasteiger partial charge in [0.25, 0.3) is 0 Å². The highest BCUT2D eigenvalue weighted by atomic mass is 32.2. The Morgan fingerprint density at radius 3 is 2.38 bits per heavy atom. The summed E-state index contributed by atoms with van der Waals surface area (Å²) in [6.45, 7) is 1.85. The third-order valence-corrected chi connectivity index (χ3v) is 5.23. The maximum absolute atomic E-state index is 12.2. The normalized spacial score (nSPS) is 20.4. The van der Waals surface area contributed by atoms with Gasteiger partial charge in [0.1, 0.15) is 23.3 Å². The number of nitrogens with zero attached hydrogens (tertiary/aromatic N) is 2. The van der Waals surface area contributed by atoms with E-state index >= 15 is 0 Å². The van der Waals surface area contributed by atoms with Gasteiger partial charge in [0.15, 0.2) is 0 Å². The number of nitriles is 2. The summed E-state index contributed by atoms with van der Waals surface area (Å²) >= 11 is 1.29. The van der Waals surface area contributed by atoms with Crippen LogP contribution in [-0.2, 0) is 19.1 Å². The van der Waals surface area contributed by atoms with E-state index in [4.69, 9.17) is 9.47 Å². The first-order valence-corrected chi connectivity index (χ1v) is 9.84. The first-order chi connectivity index (χ1) is 12.5.